The number of hydrogen-bond acceptors (Lipinski definition) is 4. The fraction of sp³-hybridized carbons (Fsp3) is 0.312. The number of nitrogens with one attached hydrogen (secondary N) is 1. The van der Waals surface area contributed by atoms with Crippen LogP contribution in [0.4, 0.5) is 5.82 Å². The van der Waals surface area contributed by atoms with Crippen LogP contribution in [0.1, 0.15) is 53.5 Å². The Balaban J connectivity index is 2.11. The van der Waals surface area contributed by atoms with Gasteiger partial charge in [-0.3, -0.25) is 14.6 Å². The normalized spacial score (nSPS) is 17.0. The largest absolute Gasteiger partial charge is 0.478 e. The first kappa shape index (κ1) is 15.6. The van der Waals surface area contributed by atoms with Crippen LogP contribution < -0.4 is 5.56 Å². The number of aromatic nitrogens is 2. The summed E-state index contributed by atoms with van der Waals surface area (Å²) >= 11 is 1.50. The maximum Gasteiger partial charge on any atom is 0.335 e. The molecule has 0 saturated carbocycles. The van der Waals surface area contributed by atoms with Crippen molar-refractivity contribution in [3.63, 3.8) is 0 Å². The third kappa shape index (κ3) is 2.72. The molecule has 2 N–H and O–H groups in total. The number of nitrogens with zero attached hydrogens (tertiary/aromatic N) is 2. The zero-order valence-electron chi connectivity index (χ0n) is 13.0. The van der Waals surface area contributed by atoms with Crippen LogP contribution in [0, 0.1) is 0 Å². The first-order valence-electron chi connectivity index (χ1n) is 7.28. The van der Waals surface area contributed by atoms with Gasteiger partial charge in [-0.05, 0) is 38.5 Å². The average Bonchev–Trinajstić information content (AvgIpc) is 2.83. The molecule has 1 aromatic carbocycles. The number of aliphatic imine (C=N–C) groups is 1. The summed E-state index contributed by atoms with van der Waals surface area (Å²) in [5, 5.41) is 12.6. The van der Waals surface area contributed by atoms with Crippen LogP contribution in [0.3, 0.4) is 0 Å². The van der Waals surface area contributed by atoms with Crippen LogP contribution in [0.5, 0.6) is 0 Å². The summed E-state index contributed by atoms with van der Waals surface area (Å²) < 4.78 is 1.78. The van der Waals surface area contributed by atoms with E-state index < -0.39 is 5.97 Å². The van der Waals surface area contributed by atoms with Gasteiger partial charge in [-0.25, -0.2) is 9.79 Å². The van der Waals surface area contributed by atoms with E-state index in [-0.39, 0.29) is 22.4 Å². The molecule has 0 spiro atoms. The van der Waals surface area contributed by atoms with Crippen LogP contribution in [0.15, 0.2) is 34.1 Å². The van der Waals surface area contributed by atoms with E-state index in [4.69, 9.17) is 5.11 Å². The number of H-pyrrole nitrogens is 1. The molecule has 0 bridgehead atoms. The number of carboxylic acid groups (broad SMARTS) is 1. The number of carbonyl (C=O) groups is 1. The van der Waals surface area contributed by atoms with Gasteiger partial charge in [0.2, 0.25) is 0 Å². The van der Waals surface area contributed by atoms with Crippen molar-refractivity contribution >= 4 is 28.6 Å². The van der Waals surface area contributed by atoms with E-state index >= 15 is 0 Å². The highest BCUT2D eigenvalue weighted by Crippen LogP contribution is 2.43. The lowest BCUT2D eigenvalue weighted by atomic mass is 10.0. The monoisotopic (exact) mass is 331 g/mol. The molecular formula is C16H17N3O3S. The molecule has 23 heavy (non-hydrogen) atoms. The third-order valence-electron chi connectivity index (χ3n) is 3.73. The lowest BCUT2D eigenvalue weighted by Crippen LogP contribution is -2.13. The van der Waals surface area contributed by atoms with Gasteiger partial charge in [0.1, 0.15) is 0 Å². The minimum atomic E-state index is -0.963. The summed E-state index contributed by atoms with van der Waals surface area (Å²) in [5.41, 5.74) is 1.60. The molecule has 7 heteroatoms. The molecular weight excluding hydrogens is 314 g/mol. The van der Waals surface area contributed by atoms with Crippen molar-refractivity contribution in [3.05, 3.63) is 51.3 Å². The maximum absolute atomic E-state index is 12.4. The van der Waals surface area contributed by atoms with Crippen molar-refractivity contribution in [3.8, 4) is 0 Å². The number of rotatable bonds is 3. The zero-order valence-corrected chi connectivity index (χ0v) is 13.8. The highest BCUT2D eigenvalue weighted by Gasteiger charge is 2.30. The van der Waals surface area contributed by atoms with Gasteiger partial charge >= 0.3 is 5.97 Å². The number of benzene rings is 1. The molecule has 0 fully saturated rings. The van der Waals surface area contributed by atoms with E-state index in [0.29, 0.717) is 11.4 Å². The third-order valence-corrected chi connectivity index (χ3v) is 4.90. The smallest absolute Gasteiger partial charge is 0.335 e. The van der Waals surface area contributed by atoms with Crippen molar-refractivity contribution in [2.75, 3.05) is 0 Å². The number of aromatic amines is 1. The maximum atomic E-state index is 12.4. The van der Waals surface area contributed by atoms with E-state index in [1.807, 2.05) is 20.8 Å². The molecule has 0 aliphatic carbocycles. The number of fused-ring (bicyclic) bond motifs is 1. The van der Waals surface area contributed by atoms with Crippen molar-refractivity contribution < 1.29 is 9.90 Å². The highest BCUT2D eigenvalue weighted by atomic mass is 32.2. The summed E-state index contributed by atoms with van der Waals surface area (Å²) in [6, 6.07) is 6.74. The lowest BCUT2D eigenvalue weighted by Gasteiger charge is -2.21. The van der Waals surface area contributed by atoms with Gasteiger partial charge in [0.25, 0.3) is 5.56 Å². The van der Waals surface area contributed by atoms with Crippen molar-refractivity contribution in [2.24, 2.45) is 4.99 Å². The predicted octanol–water partition coefficient (Wildman–Crippen LogP) is 3.34. The van der Waals surface area contributed by atoms with Gasteiger partial charge in [-0.2, -0.15) is 0 Å². The summed E-state index contributed by atoms with van der Waals surface area (Å²) in [7, 11) is 0. The van der Waals surface area contributed by atoms with Crippen LogP contribution in [0.2, 0.25) is 0 Å². The fourth-order valence-corrected chi connectivity index (χ4v) is 3.72. The molecule has 2 heterocycles. The Bertz CT molecular complexity index is 846. The number of thioether (sulfide) groups is 1. The molecule has 1 aliphatic heterocycles. The van der Waals surface area contributed by atoms with Crippen LogP contribution in [-0.2, 0) is 0 Å². The molecule has 3 rings (SSSR count). The van der Waals surface area contributed by atoms with Crippen LogP contribution in [0.25, 0.3) is 0 Å². The van der Waals surface area contributed by atoms with Crippen LogP contribution in [-0.4, -0.2) is 25.9 Å². The number of aromatic carboxylic acids is 1. The van der Waals surface area contributed by atoms with Crippen molar-refractivity contribution in [1.29, 1.82) is 0 Å². The number of hydrogen-bond donors (Lipinski definition) is 2. The Labute approximate surface area is 137 Å². The standard InChI is InChI=1S/C16H17N3O3S/c1-8(2)19-14-12(15(20)18-19)13(23-9(3)17-14)10-4-6-11(7-5-10)16(21)22/h4-8,13H,1-3H3,(H,18,20)(H,21,22)/t13-/m0/s1. The Morgan fingerprint density at radius 3 is 2.57 bits per heavy atom. The second-order valence-electron chi connectivity index (χ2n) is 5.70. The van der Waals surface area contributed by atoms with Gasteiger partial charge < -0.3 is 5.11 Å². The van der Waals surface area contributed by atoms with E-state index in [9.17, 15) is 9.59 Å². The second-order valence-corrected chi connectivity index (χ2v) is 7.00. The van der Waals surface area contributed by atoms with E-state index in [0.717, 1.165) is 10.6 Å². The Morgan fingerprint density at radius 2 is 2.00 bits per heavy atom. The molecule has 0 unspecified atom stereocenters. The molecule has 1 aromatic heterocycles. The quantitative estimate of drug-likeness (QED) is 0.903. The summed E-state index contributed by atoms with van der Waals surface area (Å²) in [6.45, 7) is 5.88. The van der Waals surface area contributed by atoms with Gasteiger partial charge in [0.15, 0.2) is 5.82 Å². The van der Waals surface area contributed by atoms with Gasteiger partial charge in [0, 0.05) is 6.04 Å². The fourth-order valence-electron chi connectivity index (χ4n) is 2.62. The topological polar surface area (TPSA) is 87.5 Å². The minimum absolute atomic E-state index is 0.0983. The summed E-state index contributed by atoms with van der Waals surface area (Å²) in [4.78, 5) is 27.9. The van der Waals surface area contributed by atoms with Crippen LogP contribution >= 0.6 is 11.8 Å². The first-order valence-corrected chi connectivity index (χ1v) is 8.16. The first-order chi connectivity index (χ1) is 10.9. The molecule has 0 amide bonds. The summed E-state index contributed by atoms with van der Waals surface area (Å²) in [5.74, 6) is -0.302. The van der Waals surface area contributed by atoms with Gasteiger partial charge in [-0.15, -0.1) is 0 Å². The minimum Gasteiger partial charge on any atom is -0.478 e. The van der Waals surface area contributed by atoms with E-state index in [1.54, 1.807) is 28.9 Å². The Morgan fingerprint density at radius 1 is 1.35 bits per heavy atom. The highest BCUT2D eigenvalue weighted by molar-refractivity contribution is 8.14. The zero-order chi connectivity index (χ0) is 16.7. The molecule has 0 radical (unpaired) electrons. The number of carboxylic acids is 1. The summed E-state index contributed by atoms with van der Waals surface area (Å²) in [6.07, 6.45) is 0. The SMILES string of the molecule is CC1=Nc2c(c(=O)[nH]n2C(C)C)[C@H](c2ccc(C(=O)O)cc2)S1. The average molecular weight is 331 g/mol. The van der Waals surface area contributed by atoms with Crippen molar-refractivity contribution in [1.82, 2.24) is 9.78 Å². The Kier molecular flexibility index (Phi) is 3.89. The van der Waals surface area contributed by atoms with E-state index in [2.05, 4.69) is 10.1 Å². The molecule has 6 nitrogen and oxygen atoms in total. The molecule has 2 aromatic rings. The molecule has 120 valence electrons. The van der Waals surface area contributed by atoms with Gasteiger partial charge in [-0.1, -0.05) is 23.9 Å². The Hall–Kier alpha value is -2.28. The van der Waals surface area contributed by atoms with E-state index in [1.165, 1.54) is 11.8 Å². The lowest BCUT2D eigenvalue weighted by molar-refractivity contribution is 0.0697. The molecule has 1 aliphatic rings. The molecule has 1 atom stereocenters. The second kappa shape index (κ2) is 5.73. The van der Waals surface area contributed by atoms with Crippen molar-refractivity contribution in [2.45, 2.75) is 32.1 Å². The van der Waals surface area contributed by atoms with Gasteiger partial charge in [0.05, 0.1) is 21.4 Å². The predicted molar refractivity (Wildman–Crippen MR) is 91.0 cm³/mol. The molecule has 0 saturated heterocycles.